The number of carbonyl (C=O) groups excluding carboxylic acids is 2. The van der Waals surface area contributed by atoms with Crippen molar-refractivity contribution in [2.75, 3.05) is 26.4 Å². The second-order valence-electron chi connectivity index (χ2n) is 14.9. The molecule has 0 aliphatic rings. The molecule has 9 nitrogen and oxygen atoms in total. The number of ether oxygens (including phenoxy) is 2. The summed E-state index contributed by atoms with van der Waals surface area (Å²) in [5, 5.41) is 0. The molecule has 3 N–H and O–H groups in total. The van der Waals surface area contributed by atoms with E-state index < -0.39 is 26.5 Å². The summed E-state index contributed by atoms with van der Waals surface area (Å²) in [4.78, 5) is 34.9. The highest BCUT2D eigenvalue weighted by Crippen LogP contribution is 2.43. The number of nitrogens with two attached hydrogens (primary N) is 1. The number of rotatable bonds is 42. The molecule has 2 unspecified atom stereocenters. The molecule has 0 amide bonds. The molecule has 0 rings (SSSR count). The Morgan fingerprint density at radius 1 is 0.545 bits per heavy atom. The molecule has 0 heterocycles. The lowest BCUT2D eigenvalue weighted by Gasteiger charge is -2.19. The Morgan fingerprint density at radius 2 is 0.945 bits per heavy atom. The summed E-state index contributed by atoms with van der Waals surface area (Å²) >= 11 is 0. The molecule has 0 aliphatic carbocycles. The van der Waals surface area contributed by atoms with Gasteiger partial charge >= 0.3 is 19.8 Å². The maximum atomic E-state index is 12.6. The smallest absolute Gasteiger partial charge is 0.462 e. The Hall–Kier alpha value is -1.77. The van der Waals surface area contributed by atoms with Gasteiger partial charge in [0.25, 0.3) is 0 Å². The lowest BCUT2D eigenvalue weighted by Crippen LogP contribution is -2.29. The van der Waals surface area contributed by atoms with Gasteiger partial charge in [-0.2, -0.15) is 0 Å². The molecule has 0 aliphatic heterocycles. The molecule has 55 heavy (non-hydrogen) atoms. The largest absolute Gasteiger partial charge is 0.472 e. The van der Waals surface area contributed by atoms with Crippen LogP contribution in [0.4, 0.5) is 0 Å². The number of phosphoric ester groups is 1. The van der Waals surface area contributed by atoms with Crippen LogP contribution in [0, 0.1) is 0 Å². The zero-order valence-electron chi connectivity index (χ0n) is 35.4. The summed E-state index contributed by atoms with van der Waals surface area (Å²) in [5.41, 5.74) is 5.35. The number of esters is 2. The molecule has 0 aromatic rings. The van der Waals surface area contributed by atoms with Crippen LogP contribution in [0.3, 0.4) is 0 Å². The van der Waals surface area contributed by atoms with Crippen LogP contribution in [0.1, 0.15) is 206 Å². The topological polar surface area (TPSA) is 134 Å². The highest BCUT2D eigenvalue weighted by Gasteiger charge is 2.26. The van der Waals surface area contributed by atoms with E-state index in [9.17, 15) is 19.0 Å². The van der Waals surface area contributed by atoms with Gasteiger partial charge in [0.2, 0.25) is 0 Å². The number of hydrogen-bond donors (Lipinski definition) is 2. The fraction of sp³-hybridized carbons (Fsp3) is 0.822. The van der Waals surface area contributed by atoms with Crippen LogP contribution in [0.25, 0.3) is 0 Å². The lowest BCUT2D eigenvalue weighted by atomic mass is 10.0. The summed E-state index contributed by atoms with van der Waals surface area (Å²) in [6.07, 6.45) is 46.0. The third-order valence-electron chi connectivity index (χ3n) is 9.53. The van der Waals surface area contributed by atoms with Gasteiger partial charge in [-0.05, 0) is 51.4 Å². The molecule has 2 atom stereocenters. The number of unbranched alkanes of at least 4 members (excludes halogenated alkanes) is 23. The first-order valence-electron chi connectivity index (χ1n) is 22.5. The Morgan fingerprint density at radius 3 is 1.40 bits per heavy atom. The van der Waals surface area contributed by atoms with Crippen molar-refractivity contribution in [1.29, 1.82) is 0 Å². The first-order chi connectivity index (χ1) is 26.8. The minimum Gasteiger partial charge on any atom is -0.462 e. The fourth-order valence-corrected chi connectivity index (χ4v) is 6.94. The van der Waals surface area contributed by atoms with Gasteiger partial charge in [0.1, 0.15) is 6.61 Å². The molecule has 322 valence electrons. The van der Waals surface area contributed by atoms with Gasteiger partial charge in [0.05, 0.1) is 13.2 Å². The summed E-state index contributed by atoms with van der Waals surface area (Å²) in [6, 6.07) is 0. The van der Waals surface area contributed by atoms with Crippen molar-refractivity contribution >= 4 is 19.8 Å². The minimum absolute atomic E-state index is 0.0514. The van der Waals surface area contributed by atoms with Crippen LogP contribution in [-0.2, 0) is 32.7 Å². The summed E-state index contributed by atoms with van der Waals surface area (Å²) in [5.74, 6) is -0.838. The van der Waals surface area contributed by atoms with E-state index in [1.165, 1.54) is 103 Å². The van der Waals surface area contributed by atoms with Crippen molar-refractivity contribution in [3.63, 3.8) is 0 Å². The quantitative estimate of drug-likeness (QED) is 0.0268. The number of hydrogen-bond acceptors (Lipinski definition) is 8. The van der Waals surface area contributed by atoms with E-state index in [1.807, 2.05) is 0 Å². The maximum absolute atomic E-state index is 12.6. The minimum atomic E-state index is -4.38. The highest BCUT2D eigenvalue weighted by atomic mass is 31.2. The summed E-state index contributed by atoms with van der Waals surface area (Å²) in [6.45, 7) is 3.72. The van der Waals surface area contributed by atoms with Crippen molar-refractivity contribution < 1.29 is 37.6 Å². The van der Waals surface area contributed by atoms with Crippen molar-refractivity contribution in [2.45, 2.75) is 213 Å². The van der Waals surface area contributed by atoms with Gasteiger partial charge in [-0.15, -0.1) is 0 Å². The van der Waals surface area contributed by atoms with Crippen molar-refractivity contribution in [3.05, 3.63) is 36.5 Å². The highest BCUT2D eigenvalue weighted by molar-refractivity contribution is 7.47. The monoisotopic (exact) mass is 798 g/mol. The van der Waals surface area contributed by atoms with E-state index in [2.05, 4.69) is 50.3 Å². The maximum Gasteiger partial charge on any atom is 0.472 e. The fourth-order valence-electron chi connectivity index (χ4n) is 6.17. The van der Waals surface area contributed by atoms with Crippen molar-refractivity contribution in [3.8, 4) is 0 Å². The molecular formula is C45H84NO8P. The van der Waals surface area contributed by atoms with Gasteiger partial charge in [-0.3, -0.25) is 18.6 Å². The Balaban J connectivity index is 4.14. The van der Waals surface area contributed by atoms with E-state index in [0.717, 1.165) is 70.6 Å². The van der Waals surface area contributed by atoms with Crippen LogP contribution < -0.4 is 5.73 Å². The SMILES string of the molecule is CCCCCCC/C=C\C/C=C\C/C=C\CCCCCCCCC(=O)OC(COC(=O)CCCCCCCCCCCCCCC)COP(=O)(O)OCCN. The van der Waals surface area contributed by atoms with Gasteiger partial charge in [0, 0.05) is 19.4 Å². The summed E-state index contributed by atoms with van der Waals surface area (Å²) < 4.78 is 32.8. The second kappa shape index (κ2) is 41.9. The third kappa shape index (κ3) is 41.7. The van der Waals surface area contributed by atoms with Gasteiger partial charge in [-0.1, -0.05) is 179 Å². The molecule has 0 spiro atoms. The van der Waals surface area contributed by atoms with Crippen molar-refractivity contribution in [1.82, 2.24) is 0 Å². The molecule has 0 aromatic carbocycles. The van der Waals surface area contributed by atoms with Crippen LogP contribution in [0.5, 0.6) is 0 Å². The first kappa shape index (κ1) is 53.2. The number of allylic oxidation sites excluding steroid dienone is 6. The molecule has 10 heteroatoms. The molecule has 0 saturated heterocycles. The Labute approximate surface area is 337 Å². The zero-order chi connectivity index (χ0) is 40.3. The van der Waals surface area contributed by atoms with Gasteiger partial charge < -0.3 is 20.1 Å². The van der Waals surface area contributed by atoms with Crippen molar-refractivity contribution in [2.24, 2.45) is 5.73 Å². The van der Waals surface area contributed by atoms with E-state index in [0.29, 0.717) is 6.42 Å². The predicted octanol–water partition coefficient (Wildman–Crippen LogP) is 12.9. The average Bonchev–Trinajstić information content (AvgIpc) is 3.17. The second-order valence-corrected chi connectivity index (χ2v) is 16.4. The average molecular weight is 798 g/mol. The molecule has 0 saturated carbocycles. The Kier molecular flexibility index (Phi) is 40.5. The predicted molar refractivity (Wildman–Crippen MR) is 229 cm³/mol. The standard InChI is InChI=1S/C45H84NO8P/c1-3-5-7-9-11-13-15-17-18-19-20-21-22-23-24-26-28-30-32-34-36-38-45(48)54-43(42-53-55(49,50)52-40-39-46)41-51-44(47)37-35-33-31-29-27-25-16-14-12-10-8-6-4-2/h15,17,19-20,22-23,43H,3-14,16,18,21,24-42,46H2,1-2H3,(H,49,50)/b17-15-,20-19-,23-22-. The lowest BCUT2D eigenvalue weighted by molar-refractivity contribution is -0.161. The van der Waals surface area contributed by atoms with E-state index >= 15 is 0 Å². The van der Waals surface area contributed by atoms with Crippen LogP contribution in [0.15, 0.2) is 36.5 Å². The molecule has 0 bridgehead atoms. The molecule has 0 radical (unpaired) electrons. The third-order valence-corrected chi connectivity index (χ3v) is 10.5. The first-order valence-corrected chi connectivity index (χ1v) is 24.0. The van der Waals surface area contributed by atoms with E-state index in [4.69, 9.17) is 24.3 Å². The Bertz CT molecular complexity index is 1000. The van der Waals surface area contributed by atoms with Crippen LogP contribution in [-0.4, -0.2) is 49.3 Å². The zero-order valence-corrected chi connectivity index (χ0v) is 36.3. The van der Waals surface area contributed by atoms with Crippen LogP contribution in [0.2, 0.25) is 0 Å². The normalized spacial score (nSPS) is 13.6. The van der Waals surface area contributed by atoms with E-state index in [1.54, 1.807) is 0 Å². The molecule has 0 aromatic heterocycles. The van der Waals surface area contributed by atoms with Gasteiger partial charge in [0.15, 0.2) is 6.10 Å². The van der Waals surface area contributed by atoms with Gasteiger partial charge in [-0.25, -0.2) is 4.57 Å². The number of carbonyl (C=O) groups is 2. The number of phosphoric acid groups is 1. The molecule has 0 fully saturated rings. The summed E-state index contributed by atoms with van der Waals surface area (Å²) in [7, 11) is -4.38. The van der Waals surface area contributed by atoms with Crippen LogP contribution >= 0.6 is 7.82 Å². The van der Waals surface area contributed by atoms with E-state index in [-0.39, 0.29) is 38.6 Å². The molecular weight excluding hydrogens is 713 g/mol.